The number of ether oxygens (including phenoxy) is 4. The van der Waals surface area contributed by atoms with Crippen LogP contribution in [0.25, 0.3) is 0 Å². The third kappa shape index (κ3) is 6.26. The van der Waals surface area contributed by atoms with E-state index < -0.39 is 27.4 Å². The Kier molecular flexibility index (Phi) is 10.0. The van der Waals surface area contributed by atoms with Crippen LogP contribution < -0.4 is 21.2 Å². The molecular weight excluding hydrogens is 606 g/mol. The summed E-state index contributed by atoms with van der Waals surface area (Å²) in [5, 5.41) is 5.42. The number of hydrogen-bond acceptors (Lipinski definition) is 4. The lowest BCUT2D eigenvalue weighted by molar-refractivity contribution is -0.480. The smallest absolute Gasteiger partial charge is 0.224 e. The lowest BCUT2D eigenvalue weighted by atomic mass is 9.87. The maximum Gasteiger partial charge on any atom is 0.224 e. The van der Waals surface area contributed by atoms with Crippen molar-refractivity contribution in [2.75, 3.05) is 13.2 Å². The molecule has 1 unspecified atom stereocenters. The summed E-state index contributed by atoms with van der Waals surface area (Å²) in [6.07, 6.45) is 5.34. The zero-order valence-electron chi connectivity index (χ0n) is 27.0. The van der Waals surface area contributed by atoms with E-state index >= 15 is 0 Å². The van der Waals surface area contributed by atoms with Crippen LogP contribution in [-0.2, 0) is 18.9 Å². The first-order chi connectivity index (χ1) is 22.6. The second kappa shape index (κ2) is 14.4. The summed E-state index contributed by atoms with van der Waals surface area (Å²) in [5.41, 5.74) is 0.304. The lowest BCUT2D eigenvalue weighted by Gasteiger charge is -2.60. The third-order valence-corrected chi connectivity index (χ3v) is 15.6. The number of benzene rings is 4. The van der Waals surface area contributed by atoms with Crippen LogP contribution in [0.1, 0.15) is 52.4 Å². The molecule has 0 amide bonds. The van der Waals surface area contributed by atoms with E-state index in [1.54, 1.807) is 0 Å². The summed E-state index contributed by atoms with van der Waals surface area (Å²) in [5.74, 6) is -1.81. The van der Waals surface area contributed by atoms with Crippen molar-refractivity contribution in [3.63, 3.8) is 0 Å². The fourth-order valence-corrected chi connectivity index (χ4v) is 13.2. The molecule has 4 aromatic rings. The first-order valence-corrected chi connectivity index (χ1v) is 19.9. The standard InChI is InChI=1S/C40H46O4P2/c1-31(45(33-19-7-3-8-20-33)34-21-9-4-10-22-34)37-38(32(2)46(35-23-11-5-12-24-35)36-25-13-6-14-26-36)44-40(28-16-18-30-42-40)39(43-37)27-15-17-29-41-39/h3-14,19-26,31-32,37-38H,15-18,27-30H2,1-2H3/t31-,32-,37-,38?,39-,40-/m1/s1. The number of rotatable bonds is 8. The Morgan fingerprint density at radius 2 is 0.783 bits per heavy atom. The SMILES string of the molecule is C[C@H](C1O[C@]2(CCCCO2)[C@@]2(CCCCO2)O[C@@H]1[C@@H](C)P(c1ccccc1)c1ccccc1)P(c1ccccc1)c1ccccc1. The summed E-state index contributed by atoms with van der Waals surface area (Å²) in [4.78, 5) is 0. The molecule has 4 nitrogen and oxygen atoms in total. The van der Waals surface area contributed by atoms with Crippen LogP contribution in [-0.4, -0.2) is 48.3 Å². The minimum absolute atomic E-state index is 0.152. The normalized spacial score (nSPS) is 28.0. The van der Waals surface area contributed by atoms with Gasteiger partial charge >= 0.3 is 0 Å². The van der Waals surface area contributed by atoms with Crippen molar-refractivity contribution in [2.45, 2.75) is 87.5 Å². The summed E-state index contributed by atoms with van der Waals surface area (Å²) in [7, 11) is -1.55. The van der Waals surface area contributed by atoms with Gasteiger partial charge in [-0.05, 0) is 62.7 Å². The number of fused-ring (bicyclic) bond motifs is 1. The molecule has 0 N–H and O–H groups in total. The fraction of sp³-hybridized carbons (Fsp3) is 0.400. The van der Waals surface area contributed by atoms with E-state index in [1.165, 1.54) is 21.2 Å². The van der Waals surface area contributed by atoms with Crippen LogP contribution in [0.3, 0.4) is 0 Å². The Bertz CT molecular complexity index is 1310. The van der Waals surface area contributed by atoms with Crippen molar-refractivity contribution >= 4 is 37.1 Å². The summed E-state index contributed by atoms with van der Waals surface area (Å²) >= 11 is 0. The molecule has 3 fully saturated rings. The molecule has 2 spiro atoms. The van der Waals surface area contributed by atoms with E-state index in [-0.39, 0.29) is 23.5 Å². The number of hydrogen-bond donors (Lipinski definition) is 0. The van der Waals surface area contributed by atoms with Crippen molar-refractivity contribution in [2.24, 2.45) is 0 Å². The van der Waals surface area contributed by atoms with Crippen molar-refractivity contribution in [1.82, 2.24) is 0 Å². The van der Waals surface area contributed by atoms with Gasteiger partial charge in [-0.2, -0.15) is 0 Å². The zero-order valence-corrected chi connectivity index (χ0v) is 28.8. The van der Waals surface area contributed by atoms with E-state index in [4.69, 9.17) is 18.9 Å². The summed E-state index contributed by atoms with van der Waals surface area (Å²) in [6, 6.07) is 44.1. The predicted molar refractivity (Wildman–Crippen MR) is 192 cm³/mol. The molecule has 6 atom stereocenters. The monoisotopic (exact) mass is 652 g/mol. The molecule has 3 aliphatic rings. The van der Waals surface area contributed by atoms with Crippen molar-refractivity contribution in [3.05, 3.63) is 121 Å². The second-order valence-corrected chi connectivity index (χ2v) is 18.0. The lowest BCUT2D eigenvalue weighted by Crippen LogP contribution is -2.72. The van der Waals surface area contributed by atoms with Gasteiger partial charge in [0.05, 0.1) is 25.4 Å². The minimum Gasteiger partial charge on any atom is -0.345 e. The molecule has 7 rings (SSSR count). The third-order valence-electron chi connectivity index (χ3n) is 9.93. The predicted octanol–water partition coefficient (Wildman–Crippen LogP) is 7.61. The summed E-state index contributed by atoms with van der Waals surface area (Å²) in [6.45, 7) is 6.12. The zero-order chi connectivity index (χ0) is 31.4. The van der Waals surface area contributed by atoms with E-state index in [1.807, 2.05) is 0 Å². The Hall–Kier alpha value is -2.42. The molecule has 3 saturated heterocycles. The molecule has 0 aromatic heterocycles. The molecule has 4 aromatic carbocycles. The molecule has 0 bridgehead atoms. The van der Waals surface area contributed by atoms with Gasteiger partial charge in [0.1, 0.15) is 0 Å². The van der Waals surface area contributed by atoms with Crippen LogP contribution in [0.15, 0.2) is 121 Å². The Morgan fingerprint density at radius 3 is 1.04 bits per heavy atom. The molecule has 46 heavy (non-hydrogen) atoms. The fourth-order valence-electron chi connectivity index (χ4n) is 7.71. The van der Waals surface area contributed by atoms with Gasteiger partial charge in [0.2, 0.25) is 11.6 Å². The van der Waals surface area contributed by atoms with Crippen LogP contribution in [0.4, 0.5) is 0 Å². The molecule has 6 heteroatoms. The highest BCUT2D eigenvalue weighted by Gasteiger charge is 2.65. The molecule has 3 heterocycles. The maximum atomic E-state index is 7.60. The van der Waals surface area contributed by atoms with Gasteiger partial charge in [0.15, 0.2) is 0 Å². The highest BCUT2D eigenvalue weighted by molar-refractivity contribution is 7.74. The first kappa shape index (κ1) is 32.1. The van der Waals surface area contributed by atoms with Crippen molar-refractivity contribution in [1.29, 1.82) is 0 Å². The van der Waals surface area contributed by atoms with Crippen LogP contribution in [0.2, 0.25) is 0 Å². The van der Waals surface area contributed by atoms with Gasteiger partial charge in [-0.25, -0.2) is 0 Å². The average molecular weight is 653 g/mol. The quantitative estimate of drug-likeness (QED) is 0.184. The molecule has 0 saturated carbocycles. The van der Waals surface area contributed by atoms with E-state index in [9.17, 15) is 0 Å². The molecule has 3 aliphatic heterocycles. The van der Waals surface area contributed by atoms with Crippen LogP contribution in [0, 0.1) is 0 Å². The van der Waals surface area contributed by atoms with Gasteiger partial charge < -0.3 is 18.9 Å². The van der Waals surface area contributed by atoms with Crippen molar-refractivity contribution in [3.8, 4) is 0 Å². The van der Waals surface area contributed by atoms with E-state index in [0.717, 1.165) is 38.5 Å². The van der Waals surface area contributed by atoms with Gasteiger partial charge in [-0.3, -0.25) is 0 Å². The molecular formula is C40H46O4P2. The molecule has 0 radical (unpaired) electrons. The Morgan fingerprint density at radius 1 is 0.478 bits per heavy atom. The molecule has 240 valence electrons. The van der Waals surface area contributed by atoms with Gasteiger partial charge in [-0.1, -0.05) is 135 Å². The first-order valence-electron chi connectivity index (χ1n) is 17.0. The summed E-state index contributed by atoms with van der Waals surface area (Å²) < 4.78 is 28.7. The van der Waals surface area contributed by atoms with Crippen molar-refractivity contribution < 1.29 is 18.9 Å². The average Bonchev–Trinajstić information content (AvgIpc) is 3.12. The van der Waals surface area contributed by atoms with Crippen LogP contribution >= 0.6 is 15.8 Å². The van der Waals surface area contributed by atoms with Gasteiger partial charge in [0.25, 0.3) is 0 Å². The highest BCUT2D eigenvalue weighted by atomic mass is 31.1. The largest absolute Gasteiger partial charge is 0.345 e. The van der Waals surface area contributed by atoms with Crippen LogP contribution in [0.5, 0.6) is 0 Å². The molecule has 0 aliphatic carbocycles. The van der Waals surface area contributed by atoms with E-state index in [2.05, 4.69) is 135 Å². The van der Waals surface area contributed by atoms with E-state index in [0.29, 0.717) is 13.2 Å². The highest BCUT2D eigenvalue weighted by Crippen LogP contribution is 2.56. The van der Waals surface area contributed by atoms with Gasteiger partial charge in [-0.15, -0.1) is 0 Å². The Labute approximate surface area is 277 Å². The maximum absolute atomic E-state index is 7.60. The van der Waals surface area contributed by atoms with Gasteiger partial charge in [0, 0.05) is 24.2 Å². The topological polar surface area (TPSA) is 36.9 Å². The Balaban J connectivity index is 1.36. The second-order valence-electron chi connectivity index (χ2n) is 12.8. The minimum atomic E-state index is -0.905.